The molecule has 0 fully saturated rings. The van der Waals surface area contributed by atoms with Crippen LogP contribution < -0.4 is 0 Å². The topological polar surface area (TPSA) is 94.8 Å². The molecule has 0 amide bonds. The third kappa shape index (κ3) is 4.10. The number of rotatable bonds is 6. The number of phenols is 2. The fourth-order valence-corrected chi connectivity index (χ4v) is 2.49. The molecule has 23 heavy (non-hydrogen) atoms. The Bertz CT molecular complexity index is 688. The molecule has 5 nitrogen and oxygen atoms in total. The van der Waals surface area contributed by atoms with Gasteiger partial charge in [0.1, 0.15) is 17.3 Å². The molecule has 0 heterocycles. The predicted octanol–water partition coefficient (Wildman–Crippen LogP) is 3.03. The number of carbonyl (C=O) groups excluding carboxylic acids is 1. The average molecular weight is 314 g/mol. The van der Waals surface area contributed by atoms with Crippen molar-refractivity contribution in [3.8, 4) is 11.5 Å². The van der Waals surface area contributed by atoms with E-state index >= 15 is 0 Å². The summed E-state index contributed by atoms with van der Waals surface area (Å²) in [6.45, 7) is 1.71. The molecule has 2 aromatic carbocycles. The smallest absolute Gasteiger partial charge is 0.304 e. The van der Waals surface area contributed by atoms with Crippen molar-refractivity contribution in [3.63, 3.8) is 0 Å². The second-order valence-electron chi connectivity index (χ2n) is 5.46. The SMILES string of the molecule is CC(C(=O)C(CC(=O)O)c1ccc(O)cc1)c1ccc(O)cc1. The lowest BCUT2D eigenvalue weighted by atomic mass is 9.83. The Balaban J connectivity index is 2.30. The zero-order valence-corrected chi connectivity index (χ0v) is 12.6. The quantitative estimate of drug-likeness (QED) is 0.762. The molecule has 0 spiro atoms. The molecule has 0 aliphatic carbocycles. The highest BCUT2D eigenvalue weighted by Crippen LogP contribution is 2.30. The zero-order chi connectivity index (χ0) is 17.0. The number of carbonyl (C=O) groups is 2. The summed E-state index contributed by atoms with van der Waals surface area (Å²) in [6, 6.07) is 12.3. The van der Waals surface area contributed by atoms with Crippen LogP contribution >= 0.6 is 0 Å². The third-order valence-corrected chi connectivity index (χ3v) is 3.84. The standard InChI is InChI=1S/C18H18O5/c1-11(12-2-6-14(19)7-3-12)18(23)16(10-17(21)22)13-4-8-15(20)9-5-13/h2-9,11,16,19-20H,10H2,1H3,(H,21,22). The molecule has 0 saturated carbocycles. The Labute approximate surface area is 133 Å². The molecule has 0 aliphatic rings. The first kappa shape index (κ1) is 16.5. The number of Topliss-reactive ketones (excluding diaryl/α,β-unsaturated/α-hetero) is 1. The number of aromatic hydroxyl groups is 2. The van der Waals surface area contributed by atoms with Gasteiger partial charge in [0.25, 0.3) is 0 Å². The maximum Gasteiger partial charge on any atom is 0.304 e. The van der Waals surface area contributed by atoms with Crippen LogP contribution in [0.15, 0.2) is 48.5 Å². The van der Waals surface area contributed by atoms with Crippen LogP contribution in [0.1, 0.15) is 36.3 Å². The molecule has 2 atom stereocenters. The summed E-state index contributed by atoms with van der Waals surface area (Å²) in [5, 5.41) is 27.8. The Morgan fingerprint density at radius 3 is 1.74 bits per heavy atom. The minimum absolute atomic E-state index is 0.0573. The number of phenolic OH excluding ortho intramolecular Hbond substituents is 2. The van der Waals surface area contributed by atoms with Gasteiger partial charge in [-0.25, -0.2) is 0 Å². The van der Waals surface area contributed by atoms with Gasteiger partial charge in [-0.05, 0) is 35.4 Å². The Morgan fingerprint density at radius 1 is 0.870 bits per heavy atom. The van der Waals surface area contributed by atoms with E-state index in [1.807, 2.05) is 0 Å². The van der Waals surface area contributed by atoms with E-state index in [1.54, 1.807) is 31.2 Å². The Kier molecular flexibility index (Phi) is 5.01. The van der Waals surface area contributed by atoms with E-state index in [0.29, 0.717) is 11.1 Å². The van der Waals surface area contributed by atoms with Gasteiger partial charge >= 0.3 is 5.97 Å². The van der Waals surface area contributed by atoms with Crippen LogP contribution in [0.2, 0.25) is 0 Å². The molecular weight excluding hydrogens is 296 g/mol. The monoisotopic (exact) mass is 314 g/mol. The summed E-state index contributed by atoms with van der Waals surface area (Å²) in [6.07, 6.45) is -0.313. The average Bonchev–Trinajstić information content (AvgIpc) is 2.53. The highest BCUT2D eigenvalue weighted by Gasteiger charge is 2.28. The fourth-order valence-electron chi connectivity index (χ4n) is 2.49. The van der Waals surface area contributed by atoms with Crippen molar-refractivity contribution >= 4 is 11.8 Å². The van der Waals surface area contributed by atoms with Crippen molar-refractivity contribution in [1.29, 1.82) is 0 Å². The van der Waals surface area contributed by atoms with E-state index in [4.69, 9.17) is 5.11 Å². The summed E-state index contributed by atoms with van der Waals surface area (Å²) >= 11 is 0. The normalized spacial score (nSPS) is 13.3. The number of hydrogen-bond acceptors (Lipinski definition) is 4. The van der Waals surface area contributed by atoms with Gasteiger partial charge in [0.15, 0.2) is 0 Å². The molecule has 0 radical (unpaired) electrons. The Hall–Kier alpha value is -2.82. The van der Waals surface area contributed by atoms with E-state index in [2.05, 4.69) is 0 Å². The minimum Gasteiger partial charge on any atom is -0.508 e. The maximum absolute atomic E-state index is 12.8. The van der Waals surface area contributed by atoms with Gasteiger partial charge < -0.3 is 15.3 Å². The van der Waals surface area contributed by atoms with Crippen molar-refractivity contribution in [2.75, 3.05) is 0 Å². The lowest BCUT2D eigenvalue weighted by molar-refractivity contribution is -0.139. The lowest BCUT2D eigenvalue weighted by Gasteiger charge is -2.19. The number of hydrogen-bond donors (Lipinski definition) is 3. The van der Waals surface area contributed by atoms with E-state index in [9.17, 15) is 19.8 Å². The van der Waals surface area contributed by atoms with Crippen LogP contribution in [0, 0.1) is 0 Å². The molecule has 3 N–H and O–H groups in total. The summed E-state index contributed by atoms with van der Waals surface area (Å²) < 4.78 is 0. The van der Waals surface area contributed by atoms with E-state index < -0.39 is 17.8 Å². The van der Waals surface area contributed by atoms with E-state index in [0.717, 1.165) is 0 Å². The Morgan fingerprint density at radius 2 is 1.30 bits per heavy atom. The fraction of sp³-hybridized carbons (Fsp3) is 0.222. The number of carboxylic acid groups (broad SMARTS) is 1. The second kappa shape index (κ2) is 6.96. The van der Waals surface area contributed by atoms with Crippen molar-refractivity contribution in [3.05, 3.63) is 59.7 Å². The first-order chi connectivity index (χ1) is 10.9. The minimum atomic E-state index is -1.06. The molecule has 2 rings (SSSR count). The number of ketones is 1. The highest BCUT2D eigenvalue weighted by atomic mass is 16.4. The third-order valence-electron chi connectivity index (χ3n) is 3.84. The highest BCUT2D eigenvalue weighted by molar-refractivity contribution is 5.94. The summed E-state index contributed by atoms with van der Waals surface area (Å²) in [5.74, 6) is -2.42. The zero-order valence-electron chi connectivity index (χ0n) is 12.6. The van der Waals surface area contributed by atoms with Crippen molar-refractivity contribution < 1.29 is 24.9 Å². The van der Waals surface area contributed by atoms with Crippen molar-refractivity contribution in [1.82, 2.24) is 0 Å². The number of benzene rings is 2. The summed E-state index contributed by atoms with van der Waals surface area (Å²) in [7, 11) is 0. The molecule has 2 aromatic rings. The molecule has 0 aliphatic heterocycles. The number of carboxylic acids is 1. The van der Waals surface area contributed by atoms with Crippen LogP contribution in [0.4, 0.5) is 0 Å². The summed E-state index contributed by atoms with van der Waals surface area (Å²) in [4.78, 5) is 23.9. The molecule has 120 valence electrons. The van der Waals surface area contributed by atoms with Crippen LogP contribution in [0.5, 0.6) is 11.5 Å². The lowest BCUT2D eigenvalue weighted by Crippen LogP contribution is -2.21. The summed E-state index contributed by atoms with van der Waals surface area (Å²) in [5.41, 5.74) is 1.27. The first-order valence-electron chi connectivity index (χ1n) is 7.22. The molecular formula is C18H18O5. The molecule has 0 bridgehead atoms. The first-order valence-corrected chi connectivity index (χ1v) is 7.22. The maximum atomic E-state index is 12.8. The molecule has 2 unspecified atom stereocenters. The van der Waals surface area contributed by atoms with E-state index in [1.165, 1.54) is 24.3 Å². The van der Waals surface area contributed by atoms with Gasteiger partial charge in [0, 0.05) is 5.92 Å². The molecule has 0 aromatic heterocycles. The van der Waals surface area contributed by atoms with Crippen molar-refractivity contribution in [2.24, 2.45) is 0 Å². The molecule has 0 saturated heterocycles. The largest absolute Gasteiger partial charge is 0.508 e. The second-order valence-corrected chi connectivity index (χ2v) is 5.46. The predicted molar refractivity (Wildman–Crippen MR) is 84.6 cm³/mol. The van der Waals surface area contributed by atoms with Gasteiger partial charge in [-0.15, -0.1) is 0 Å². The van der Waals surface area contributed by atoms with Gasteiger partial charge in [-0.1, -0.05) is 31.2 Å². The van der Waals surface area contributed by atoms with Crippen LogP contribution in [-0.2, 0) is 9.59 Å². The van der Waals surface area contributed by atoms with Crippen LogP contribution in [0.25, 0.3) is 0 Å². The van der Waals surface area contributed by atoms with Crippen molar-refractivity contribution in [2.45, 2.75) is 25.2 Å². The van der Waals surface area contributed by atoms with E-state index in [-0.39, 0.29) is 23.7 Å². The van der Waals surface area contributed by atoms with Gasteiger partial charge in [0.2, 0.25) is 0 Å². The van der Waals surface area contributed by atoms with Gasteiger partial charge in [0.05, 0.1) is 12.3 Å². The van der Waals surface area contributed by atoms with Crippen LogP contribution in [-0.4, -0.2) is 27.1 Å². The van der Waals surface area contributed by atoms with Crippen LogP contribution in [0.3, 0.4) is 0 Å². The van der Waals surface area contributed by atoms with Gasteiger partial charge in [-0.3, -0.25) is 9.59 Å². The number of aliphatic carboxylic acids is 1. The molecule has 5 heteroatoms. The van der Waals surface area contributed by atoms with Gasteiger partial charge in [-0.2, -0.15) is 0 Å².